The third-order valence-corrected chi connectivity index (χ3v) is 5.40. The van der Waals surface area contributed by atoms with Gasteiger partial charge in [0.05, 0.1) is 5.69 Å². The summed E-state index contributed by atoms with van der Waals surface area (Å²) in [6, 6.07) is 23.0. The fourth-order valence-corrected chi connectivity index (χ4v) is 3.78. The zero-order valence-electron chi connectivity index (χ0n) is 16.3. The summed E-state index contributed by atoms with van der Waals surface area (Å²) in [6.45, 7) is 4.36. The lowest BCUT2D eigenvalue weighted by Gasteiger charge is -2.07. The minimum Gasteiger partial charge on any atom is -0.455 e. The first kappa shape index (κ1) is 17.6. The van der Waals surface area contributed by atoms with Crippen molar-refractivity contribution in [2.45, 2.75) is 19.8 Å². The van der Waals surface area contributed by atoms with Crippen LogP contribution in [0.15, 0.2) is 83.4 Å². The quantitative estimate of drug-likeness (QED) is 0.322. The van der Waals surface area contributed by atoms with E-state index in [9.17, 15) is 4.39 Å². The van der Waals surface area contributed by atoms with E-state index in [2.05, 4.69) is 55.2 Å². The molecule has 0 aliphatic carbocycles. The van der Waals surface area contributed by atoms with Crippen molar-refractivity contribution in [1.29, 1.82) is 0 Å². The summed E-state index contributed by atoms with van der Waals surface area (Å²) in [7, 11) is 0. The molecule has 2 heterocycles. The van der Waals surface area contributed by atoms with Crippen molar-refractivity contribution in [3.8, 4) is 22.4 Å². The highest BCUT2D eigenvalue weighted by Gasteiger charge is 2.14. The zero-order valence-corrected chi connectivity index (χ0v) is 16.3. The first-order chi connectivity index (χ1) is 14.1. The normalized spacial score (nSPS) is 11.6. The summed E-state index contributed by atoms with van der Waals surface area (Å²) < 4.78 is 19.6. The van der Waals surface area contributed by atoms with E-state index in [1.54, 1.807) is 12.1 Å². The van der Waals surface area contributed by atoms with Crippen molar-refractivity contribution in [2.24, 2.45) is 0 Å². The SMILES string of the molecule is CC(C)c1ccnc(-c2cccc3c2oc2cc(-c4ccc(F)cc4)ccc23)c1. The number of hydrogen-bond donors (Lipinski definition) is 0. The summed E-state index contributed by atoms with van der Waals surface area (Å²) in [5.41, 5.74) is 6.77. The van der Waals surface area contributed by atoms with E-state index >= 15 is 0 Å². The molecule has 0 saturated carbocycles. The van der Waals surface area contributed by atoms with Gasteiger partial charge in [-0.25, -0.2) is 4.39 Å². The van der Waals surface area contributed by atoms with Gasteiger partial charge in [-0.3, -0.25) is 4.98 Å². The Morgan fingerprint density at radius 2 is 1.62 bits per heavy atom. The van der Waals surface area contributed by atoms with Crippen LogP contribution in [0.1, 0.15) is 25.3 Å². The molecular formula is C26H20FNO. The van der Waals surface area contributed by atoms with Gasteiger partial charge in [-0.1, -0.05) is 44.2 Å². The maximum atomic E-state index is 13.3. The lowest BCUT2D eigenvalue weighted by molar-refractivity contribution is 0.628. The molecule has 0 saturated heterocycles. The third kappa shape index (κ3) is 3.09. The average Bonchev–Trinajstić information content (AvgIpc) is 3.12. The number of aromatic nitrogens is 1. The van der Waals surface area contributed by atoms with E-state index in [0.717, 1.165) is 44.3 Å². The molecule has 0 amide bonds. The van der Waals surface area contributed by atoms with E-state index in [-0.39, 0.29) is 5.82 Å². The number of pyridine rings is 1. The average molecular weight is 381 g/mol. The molecule has 2 aromatic heterocycles. The lowest BCUT2D eigenvalue weighted by atomic mass is 10.00. The van der Waals surface area contributed by atoms with Crippen molar-refractivity contribution in [1.82, 2.24) is 4.98 Å². The molecule has 29 heavy (non-hydrogen) atoms. The Labute approximate surface area is 168 Å². The fourth-order valence-electron chi connectivity index (χ4n) is 3.78. The van der Waals surface area contributed by atoms with Gasteiger partial charge in [-0.15, -0.1) is 0 Å². The van der Waals surface area contributed by atoms with Crippen LogP contribution in [-0.4, -0.2) is 4.98 Å². The number of fused-ring (bicyclic) bond motifs is 3. The highest BCUT2D eigenvalue weighted by molar-refractivity contribution is 6.10. The van der Waals surface area contributed by atoms with Crippen molar-refractivity contribution >= 4 is 21.9 Å². The molecule has 142 valence electrons. The molecule has 5 rings (SSSR count). The minimum atomic E-state index is -0.237. The summed E-state index contributed by atoms with van der Waals surface area (Å²) in [4.78, 5) is 4.59. The molecule has 0 aliphatic heterocycles. The lowest BCUT2D eigenvalue weighted by Crippen LogP contribution is -1.90. The van der Waals surface area contributed by atoms with Crippen LogP contribution >= 0.6 is 0 Å². The van der Waals surface area contributed by atoms with Crippen LogP contribution in [-0.2, 0) is 0 Å². The molecule has 0 unspecified atom stereocenters. The number of furan rings is 1. The number of nitrogens with zero attached hydrogens (tertiary/aromatic N) is 1. The van der Waals surface area contributed by atoms with Gasteiger partial charge in [-0.05, 0) is 65.1 Å². The predicted molar refractivity (Wildman–Crippen MR) is 116 cm³/mol. The van der Waals surface area contributed by atoms with Crippen LogP contribution < -0.4 is 0 Å². The highest BCUT2D eigenvalue weighted by atomic mass is 19.1. The van der Waals surface area contributed by atoms with E-state index < -0.39 is 0 Å². The second kappa shape index (κ2) is 6.85. The summed E-state index contributed by atoms with van der Waals surface area (Å²) in [5, 5.41) is 2.13. The molecule has 0 fully saturated rings. The van der Waals surface area contributed by atoms with Gasteiger partial charge < -0.3 is 4.42 Å². The number of benzene rings is 3. The second-order valence-electron chi connectivity index (χ2n) is 7.63. The fraction of sp³-hybridized carbons (Fsp3) is 0.115. The number of para-hydroxylation sites is 1. The molecule has 2 nitrogen and oxygen atoms in total. The maximum Gasteiger partial charge on any atom is 0.144 e. The van der Waals surface area contributed by atoms with Gasteiger partial charge in [0.1, 0.15) is 17.0 Å². The maximum absolute atomic E-state index is 13.3. The number of rotatable bonds is 3. The van der Waals surface area contributed by atoms with Crippen LogP contribution in [0.4, 0.5) is 4.39 Å². The van der Waals surface area contributed by atoms with Crippen LogP contribution in [0.3, 0.4) is 0 Å². The van der Waals surface area contributed by atoms with E-state index in [0.29, 0.717) is 5.92 Å². The molecule has 3 aromatic carbocycles. The van der Waals surface area contributed by atoms with Crippen LogP contribution in [0.2, 0.25) is 0 Å². The Balaban J connectivity index is 1.69. The first-order valence-electron chi connectivity index (χ1n) is 9.78. The molecule has 0 atom stereocenters. The molecule has 0 spiro atoms. The second-order valence-corrected chi connectivity index (χ2v) is 7.63. The molecular weight excluding hydrogens is 361 g/mol. The van der Waals surface area contributed by atoms with Gasteiger partial charge >= 0.3 is 0 Å². The van der Waals surface area contributed by atoms with E-state index in [4.69, 9.17) is 4.42 Å². The van der Waals surface area contributed by atoms with Gasteiger partial charge in [0.2, 0.25) is 0 Å². The number of hydrogen-bond acceptors (Lipinski definition) is 2. The Kier molecular flexibility index (Phi) is 4.17. The van der Waals surface area contributed by atoms with Crippen LogP contribution in [0, 0.1) is 5.82 Å². The van der Waals surface area contributed by atoms with Gasteiger partial charge in [-0.2, -0.15) is 0 Å². The highest BCUT2D eigenvalue weighted by Crippen LogP contribution is 2.37. The monoisotopic (exact) mass is 381 g/mol. The van der Waals surface area contributed by atoms with Crippen molar-refractivity contribution in [3.63, 3.8) is 0 Å². The Hall–Kier alpha value is -3.46. The van der Waals surface area contributed by atoms with Gasteiger partial charge in [0.25, 0.3) is 0 Å². The number of halogens is 1. The molecule has 0 N–H and O–H groups in total. The Morgan fingerprint density at radius 1 is 0.828 bits per heavy atom. The van der Waals surface area contributed by atoms with Crippen LogP contribution in [0.25, 0.3) is 44.3 Å². The minimum absolute atomic E-state index is 0.237. The van der Waals surface area contributed by atoms with Crippen molar-refractivity contribution in [3.05, 3.63) is 90.4 Å². The van der Waals surface area contributed by atoms with Gasteiger partial charge in [0, 0.05) is 22.5 Å². The third-order valence-electron chi connectivity index (χ3n) is 5.40. The van der Waals surface area contributed by atoms with E-state index in [1.807, 2.05) is 18.3 Å². The largest absolute Gasteiger partial charge is 0.455 e. The Morgan fingerprint density at radius 3 is 2.41 bits per heavy atom. The summed E-state index contributed by atoms with van der Waals surface area (Å²) in [5.74, 6) is 0.198. The van der Waals surface area contributed by atoms with Crippen molar-refractivity contribution in [2.75, 3.05) is 0 Å². The van der Waals surface area contributed by atoms with Crippen molar-refractivity contribution < 1.29 is 8.81 Å². The Bertz CT molecular complexity index is 1330. The molecule has 0 aliphatic rings. The van der Waals surface area contributed by atoms with Crippen LogP contribution in [0.5, 0.6) is 0 Å². The zero-order chi connectivity index (χ0) is 20.0. The topological polar surface area (TPSA) is 26.0 Å². The van der Waals surface area contributed by atoms with Gasteiger partial charge in [0.15, 0.2) is 0 Å². The first-order valence-corrected chi connectivity index (χ1v) is 9.78. The smallest absolute Gasteiger partial charge is 0.144 e. The van der Waals surface area contributed by atoms with E-state index in [1.165, 1.54) is 17.7 Å². The summed E-state index contributed by atoms with van der Waals surface area (Å²) >= 11 is 0. The molecule has 0 radical (unpaired) electrons. The molecule has 5 aromatic rings. The summed E-state index contributed by atoms with van der Waals surface area (Å²) in [6.07, 6.45) is 1.86. The molecule has 0 bridgehead atoms. The standard InChI is InChI=1S/C26H20FNO/c1-16(2)18-12-13-28-24(14-18)23-5-3-4-22-21-11-8-19(15-25(21)29-26(22)23)17-6-9-20(27)10-7-17/h3-16H,1-2H3. The predicted octanol–water partition coefficient (Wildman–Crippen LogP) is 7.58. The molecule has 3 heteroatoms.